The second-order valence-corrected chi connectivity index (χ2v) is 5.02. The largest absolute Gasteiger partial charge is 0.299 e. The third-order valence-corrected chi connectivity index (χ3v) is 3.45. The molecule has 4 nitrogen and oxygen atoms in total. The molecule has 0 aromatic heterocycles. The highest BCUT2D eigenvalue weighted by Crippen LogP contribution is 2.16. The maximum atomic E-state index is 11.9. The van der Waals surface area contributed by atoms with Gasteiger partial charge in [0, 0.05) is 23.0 Å². The smallest absolute Gasteiger partial charge is 0.272 e. The lowest BCUT2D eigenvalue weighted by Gasteiger charge is -2.11. The van der Waals surface area contributed by atoms with Crippen LogP contribution in [0, 0.1) is 0 Å². The van der Waals surface area contributed by atoms with Gasteiger partial charge in [-0.2, -0.15) is 5.10 Å². The van der Waals surface area contributed by atoms with E-state index in [2.05, 4.69) is 26.5 Å². The van der Waals surface area contributed by atoms with Crippen molar-refractivity contribution in [3.63, 3.8) is 0 Å². The van der Waals surface area contributed by atoms with E-state index in [1.54, 1.807) is 18.2 Å². The Hall–Kier alpha value is -1.49. The number of carbonyl (C=O) groups excluding carboxylic acids is 2. The van der Waals surface area contributed by atoms with Crippen molar-refractivity contribution in [1.82, 2.24) is 5.43 Å². The van der Waals surface area contributed by atoms with Crippen LogP contribution in [0.5, 0.6) is 0 Å². The highest BCUT2D eigenvalue weighted by atomic mass is 79.9. The van der Waals surface area contributed by atoms with Gasteiger partial charge in [-0.15, -0.1) is 0 Å². The zero-order chi connectivity index (χ0) is 13.0. The van der Waals surface area contributed by atoms with Crippen LogP contribution < -0.4 is 5.43 Å². The Kier molecular flexibility index (Phi) is 4.25. The molecule has 0 saturated heterocycles. The van der Waals surface area contributed by atoms with E-state index < -0.39 is 0 Å². The minimum Gasteiger partial charge on any atom is -0.299 e. The number of hydrogen-bond donors (Lipinski definition) is 1. The Labute approximate surface area is 114 Å². The number of carbonyl (C=O) groups is 2. The summed E-state index contributed by atoms with van der Waals surface area (Å²) in [5, 5.41) is 4.03. The van der Waals surface area contributed by atoms with E-state index in [0.717, 1.165) is 23.0 Å². The molecule has 0 spiro atoms. The molecule has 1 aromatic carbocycles. The van der Waals surface area contributed by atoms with Gasteiger partial charge < -0.3 is 0 Å². The summed E-state index contributed by atoms with van der Waals surface area (Å²) in [6.07, 6.45) is 2.58. The summed E-state index contributed by atoms with van der Waals surface area (Å²) < 4.78 is 0.724. The number of amides is 1. The quantitative estimate of drug-likeness (QED) is 0.854. The van der Waals surface area contributed by atoms with Gasteiger partial charge in [0.15, 0.2) is 0 Å². The molecule has 0 heterocycles. The van der Waals surface area contributed by atoms with Crippen molar-refractivity contribution in [2.75, 3.05) is 0 Å². The summed E-state index contributed by atoms with van der Waals surface area (Å²) in [6.45, 7) is 0. The third-order valence-electron chi connectivity index (χ3n) is 2.76. The average Bonchev–Trinajstić information content (AvgIpc) is 2.37. The lowest BCUT2D eigenvalue weighted by molar-refractivity contribution is -0.118. The van der Waals surface area contributed by atoms with E-state index in [9.17, 15) is 9.59 Å². The van der Waals surface area contributed by atoms with Crippen LogP contribution in [0.25, 0.3) is 0 Å². The van der Waals surface area contributed by atoms with Crippen LogP contribution in [-0.2, 0) is 4.79 Å². The molecule has 1 aliphatic rings. The van der Waals surface area contributed by atoms with Crippen LogP contribution in [0.4, 0.5) is 0 Å². The lowest BCUT2D eigenvalue weighted by atomic mass is 9.97. The van der Waals surface area contributed by atoms with Crippen molar-refractivity contribution in [3.8, 4) is 0 Å². The summed E-state index contributed by atoms with van der Waals surface area (Å²) in [5.41, 5.74) is 3.78. The van der Waals surface area contributed by atoms with Gasteiger partial charge in [-0.1, -0.05) is 12.1 Å². The SMILES string of the molecule is O=C1CCC/C(=N/NC(=O)c2ccccc2Br)C1. The van der Waals surface area contributed by atoms with Crippen molar-refractivity contribution in [1.29, 1.82) is 0 Å². The Balaban J connectivity index is 2.02. The first kappa shape index (κ1) is 13.0. The topological polar surface area (TPSA) is 58.5 Å². The second-order valence-electron chi connectivity index (χ2n) is 4.17. The summed E-state index contributed by atoms with van der Waals surface area (Å²) >= 11 is 3.31. The molecule has 0 aliphatic heterocycles. The predicted octanol–water partition coefficient (Wildman–Crippen LogP) is 2.68. The molecule has 0 bridgehead atoms. The number of Topliss-reactive ketones (excluding diaryl/α,β-unsaturated/α-hetero) is 1. The van der Waals surface area contributed by atoms with E-state index in [4.69, 9.17) is 0 Å². The van der Waals surface area contributed by atoms with Crippen molar-refractivity contribution >= 4 is 33.3 Å². The number of hydrazone groups is 1. The third kappa shape index (κ3) is 3.26. The Morgan fingerprint density at radius 3 is 2.78 bits per heavy atom. The number of nitrogens with zero attached hydrogens (tertiary/aromatic N) is 1. The molecule has 18 heavy (non-hydrogen) atoms. The van der Waals surface area contributed by atoms with Crippen LogP contribution >= 0.6 is 15.9 Å². The molecule has 5 heteroatoms. The summed E-state index contributed by atoms with van der Waals surface area (Å²) in [6, 6.07) is 7.14. The van der Waals surface area contributed by atoms with Gasteiger partial charge in [0.2, 0.25) is 0 Å². The van der Waals surface area contributed by atoms with Crippen LogP contribution in [0.15, 0.2) is 33.8 Å². The van der Waals surface area contributed by atoms with Crippen molar-refractivity contribution in [2.24, 2.45) is 5.10 Å². The fourth-order valence-corrected chi connectivity index (χ4v) is 2.29. The lowest BCUT2D eigenvalue weighted by Crippen LogP contribution is -2.23. The summed E-state index contributed by atoms with van der Waals surface area (Å²) in [5.74, 6) is -0.0804. The molecule has 0 radical (unpaired) electrons. The fraction of sp³-hybridized carbons (Fsp3) is 0.308. The van der Waals surface area contributed by atoms with Gasteiger partial charge in [-0.3, -0.25) is 9.59 Å². The molecule has 2 rings (SSSR count). The number of halogens is 1. The Morgan fingerprint density at radius 2 is 2.06 bits per heavy atom. The van der Waals surface area contributed by atoms with Crippen molar-refractivity contribution in [2.45, 2.75) is 25.7 Å². The van der Waals surface area contributed by atoms with Crippen LogP contribution in [0.2, 0.25) is 0 Å². The number of nitrogens with one attached hydrogen (secondary N) is 1. The maximum Gasteiger partial charge on any atom is 0.272 e. The van der Waals surface area contributed by atoms with Gasteiger partial charge in [0.05, 0.1) is 5.56 Å². The molecular weight excluding hydrogens is 296 g/mol. The summed E-state index contributed by atoms with van der Waals surface area (Å²) in [7, 11) is 0. The second kappa shape index (κ2) is 5.91. The van der Waals surface area contributed by atoms with Gasteiger partial charge in [-0.25, -0.2) is 5.43 Å². The monoisotopic (exact) mass is 308 g/mol. The first-order valence-electron chi connectivity index (χ1n) is 5.79. The molecule has 1 N–H and O–H groups in total. The maximum absolute atomic E-state index is 11.9. The van der Waals surface area contributed by atoms with Crippen molar-refractivity contribution in [3.05, 3.63) is 34.3 Å². The van der Waals surface area contributed by atoms with Crippen LogP contribution in [0.1, 0.15) is 36.0 Å². The predicted molar refractivity (Wildman–Crippen MR) is 72.5 cm³/mol. The zero-order valence-electron chi connectivity index (χ0n) is 9.78. The van der Waals surface area contributed by atoms with Gasteiger partial charge in [0.25, 0.3) is 5.91 Å². The van der Waals surface area contributed by atoms with Crippen LogP contribution in [-0.4, -0.2) is 17.4 Å². The fourth-order valence-electron chi connectivity index (χ4n) is 1.82. The molecule has 1 amide bonds. The van der Waals surface area contributed by atoms with E-state index in [0.29, 0.717) is 18.4 Å². The minimum absolute atomic E-state index is 0.190. The average molecular weight is 309 g/mol. The van der Waals surface area contributed by atoms with E-state index in [1.807, 2.05) is 6.07 Å². The molecular formula is C13H13BrN2O2. The highest BCUT2D eigenvalue weighted by molar-refractivity contribution is 9.10. The van der Waals surface area contributed by atoms with Crippen LogP contribution in [0.3, 0.4) is 0 Å². The molecule has 94 valence electrons. The molecule has 1 fully saturated rings. The highest BCUT2D eigenvalue weighted by Gasteiger charge is 2.15. The minimum atomic E-state index is -0.270. The molecule has 1 aromatic rings. The Morgan fingerprint density at radius 1 is 1.28 bits per heavy atom. The number of hydrogen-bond acceptors (Lipinski definition) is 3. The zero-order valence-corrected chi connectivity index (χ0v) is 11.4. The van der Waals surface area contributed by atoms with E-state index in [1.165, 1.54) is 0 Å². The number of benzene rings is 1. The van der Waals surface area contributed by atoms with Gasteiger partial charge >= 0.3 is 0 Å². The number of rotatable bonds is 2. The van der Waals surface area contributed by atoms with Gasteiger partial charge in [-0.05, 0) is 40.9 Å². The van der Waals surface area contributed by atoms with Gasteiger partial charge in [0.1, 0.15) is 5.78 Å². The summed E-state index contributed by atoms with van der Waals surface area (Å²) in [4.78, 5) is 23.1. The number of ketones is 1. The van der Waals surface area contributed by atoms with Crippen molar-refractivity contribution < 1.29 is 9.59 Å². The van der Waals surface area contributed by atoms with E-state index >= 15 is 0 Å². The first-order chi connectivity index (χ1) is 8.66. The van der Waals surface area contributed by atoms with E-state index in [-0.39, 0.29) is 11.7 Å². The molecule has 1 saturated carbocycles. The standard InChI is InChI=1S/C13H13BrN2O2/c14-12-7-2-1-6-11(12)13(18)16-15-9-4-3-5-10(17)8-9/h1-2,6-7H,3-5,8H2,(H,16,18)/b15-9-. The molecule has 0 unspecified atom stereocenters. The Bertz CT molecular complexity index is 511. The molecule has 0 atom stereocenters. The molecule has 1 aliphatic carbocycles. The normalized spacial score (nSPS) is 17.8. The first-order valence-corrected chi connectivity index (χ1v) is 6.58.